The van der Waals surface area contributed by atoms with Crippen molar-refractivity contribution in [1.82, 2.24) is 14.5 Å². The second kappa shape index (κ2) is 7.45. The Morgan fingerprint density at radius 2 is 2.03 bits per heavy atom. The van der Waals surface area contributed by atoms with Crippen LogP contribution in [0.25, 0.3) is 0 Å². The van der Waals surface area contributed by atoms with E-state index in [0.717, 1.165) is 18.6 Å². The Kier molecular flexibility index (Phi) is 4.60. The molecule has 2 fully saturated rings. The Labute approximate surface area is 191 Å². The average molecular weight is 472 g/mol. The molecule has 0 aliphatic carbocycles. The number of nitrogens with zero attached hydrogens (tertiary/aromatic N) is 4. The molecule has 34 heavy (non-hydrogen) atoms. The Morgan fingerprint density at radius 3 is 2.76 bits per heavy atom. The van der Waals surface area contributed by atoms with Gasteiger partial charge in [-0.15, -0.1) is 0 Å². The van der Waals surface area contributed by atoms with Crippen LogP contribution in [0.5, 0.6) is 17.4 Å². The lowest BCUT2D eigenvalue weighted by Crippen LogP contribution is -2.46. The predicted octanol–water partition coefficient (Wildman–Crippen LogP) is 3.10. The Hall–Kier alpha value is -3.60. The van der Waals surface area contributed by atoms with Gasteiger partial charge in [0, 0.05) is 30.9 Å². The van der Waals surface area contributed by atoms with E-state index in [2.05, 4.69) is 9.97 Å². The van der Waals surface area contributed by atoms with E-state index in [9.17, 15) is 13.6 Å². The van der Waals surface area contributed by atoms with Crippen LogP contribution in [0.4, 0.5) is 19.0 Å². The number of benzene rings is 1. The van der Waals surface area contributed by atoms with E-state index < -0.39 is 46.9 Å². The lowest BCUT2D eigenvalue weighted by Gasteiger charge is -2.32. The van der Waals surface area contributed by atoms with Gasteiger partial charge >= 0.3 is 5.69 Å². The third-order valence-electron chi connectivity index (χ3n) is 6.45. The summed E-state index contributed by atoms with van der Waals surface area (Å²) in [6.45, 7) is 2.53. The van der Waals surface area contributed by atoms with Crippen LogP contribution in [-0.4, -0.2) is 39.3 Å². The van der Waals surface area contributed by atoms with Gasteiger partial charge in [-0.05, 0) is 30.7 Å². The number of anilines is 1. The van der Waals surface area contributed by atoms with Crippen LogP contribution in [0.15, 0.2) is 35.3 Å². The molecule has 0 amide bonds. The molecule has 3 aromatic rings. The first-order valence-electron chi connectivity index (χ1n) is 10.7. The Morgan fingerprint density at radius 1 is 1.24 bits per heavy atom. The quantitative estimate of drug-likeness (QED) is 0.565. The number of halogens is 3. The first-order chi connectivity index (χ1) is 16.3. The molecular formula is C23H19F3N4O4. The smallest absolute Gasteiger partial charge is 0.352 e. The molecule has 1 aromatic carbocycles. The molecule has 1 spiro atoms. The van der Waals surface area contributed by atoms with E-state index >= 15 is 4.39 Å². The summed E-state index contributed by atoms with van der Waals surface area (Å²) in [5.41, 5.74) is -0.371. The summed E-state index contributed by atoms with van der Waals surface area (Å²) in [6, 6.07) is 5.07. The molecule has 0 radical (unpaired) electrons. The summed E-state index contributed by atoms with van der Waals surface area (Å²) in [7, 11) is 0. The van der Waals surface area contributed by atoms with Gasteiger partial charge in [-0.1, -0.05) is 0 Å². The molecule has 8 nitrogen and oxygen atoms in total. The fourth-order valence-electron chi connectivity index (χ4n) is 4.97. The van der Waals surface area contributed by atoms with E-state index in [-0.39, 0.29) is 23.2 Å². The minimum Gasteiger partial charge on any atom is -0.471 e. The van der Waals surface area contributed by atoms with E-state index in [1.54, 1.807) is 13.0 Å². The van der Waals surface area contributed by atoms with Crippen molar-refractivity contribution in [2.24, 2.45) is 0 Å². The van der Waals surface area contributed by atoms with E-state index in [1.807, 2.05) is 4.90 Å². The van der Waals surface area contributed by atoms with Crippen LogP contribution in [0.1, 0.15) is 17.7 Å². The molecule has 2 aromatic heterocycles. The third kappa shape index (κ3) is 3.22. The van der Waals surface area contributed by atoms with Gasteiger partial charge in [0.15, 0.2) is 23.2 Å². The van der Waals surface area contributed by atoms with Crippen LogP contribution in [0.2, 0.25) is 0 Å². The maximum absolute atomic E-state index is 15.3. The highest BCUT2D eigenvalue weighted by atomic mass is 19.1. The first-order valence-corrected chi connectivity index (χ1v) is 10.7. The maximum Gasteiger partial charge on any atom is 0.352 e. The van der Waals surface area contributed by atoms with Crippen molar-refractivity contribution < 1.29 is 27.4 Å². The molecular weight excluding hydrogens is 453 g/mol. The van der Waals surface area contributed by atoms with E-state index in [0.29, 0.717) is 25.4 Å². The van der Waals surface area contributed by atoms with E-state index in [4.69, 9.17) is 14.2 Å². The van der Waals surface area contributed by atoms with E-state index in [1.165, 1.54) is 16.8 Å². The number of hydrogen-bond donors (Lipinski definition) is 0. The Bertz CT molecular complexity index is 1360. The lowest BCUT2D eigenvalue weighted by molar-refractivity contribution is 0.0854. The van der Waals surface area contributed by atoms with Crippen molar-refractivity contribution in [3.05, 3.63) is 69.7 Å². The van der Waals surface area contributed by atoms with Gasteiger partial charge in [0.1, 0.15) is 12.4 Å². The molecule has 2 bridgehead atoms. The highest BCUT2D eigenvalue weighted by Gasteiger charge is 2.57. The summed E-state index contributed by atoms with van der Waals surface area (Å²) >= 11 is 0. The number of hydrogen-bond acceptors (Lipinski definition) is 7. The van der Waals surface area contributed by atoms with Crippen molar-refractivity contribution in [3.8, 4) is 17.4 Å². The van der Waals surface area contributed by atoms with Crippen LogP contribution < -0.4 is 20.1 Å². The van der Waals surface area contributed by atoms with Crippen LogP contribution >= 0.6 is 0 Å². The van der Waals surface area contributed by atoms with Gasteiger partial charge < -0.3 is 19.1 Å². The monoisotopic (exact) mass is 472 g/mol. The molecule has 11 heteroatoms. The molecule has 3 aliphatic heterocycles. The number of fused-ring (bicyclic) bond motifs is 3. The topological polar surface area (TPSA) is 78.7 Å². The van der Waals surface area contributed by atoms with Crippen LogP contribution in [-0.2, 0) is 17.9 Å². The minimum absolute atomic E-state index is 0.00327. The predicted molar refractivity (Wildman–Crippen MR) is 113 cm³/mol. The second-order valence-electron chi connectivity index (χ2n) is 8.81. The molecule has 2 saturated heterocycles. The fraction of sp³-hybridized carbons (Fsp3) is 0.348. The molecule has 176 valence electrons. The normalized spacial score (nSPS) is 22.1. The number of aromatic nitrogens is 3. The van der Waals surface area contributed by atoms with Gasteiger partial charge in [0.05, 0.1) is 24.8 Å². The van der Waals surface area contributed by atoms with Crippen molar-refractivity contribution in [3.63, 3.8) is 0 Å². The minimum atomic E-state index is -0.953. The SMILES string of the molecule is Cc1cc(Oc2c(F)cc(COc3nc(=O)n4c(c3F)N3C[C@@H]5C[C@]3(CO5)C4)cc2F)ccn1. The van der Waals surface area contributed by atoms with Crippen molar-refractivity contribution >= 4 is 5.82 Å². The summed E-state index contributed by atoms with van der Waals surface area (Å²) in [5.74, 6) is -3.42. The molecule has 5 heterocycles. The molecule has 0 saturated carbocycles. The van der Waals surface area contributed by atoms with Gasteiger partial charge in [-0.2, -0.15) is 9.37 Å². The Balaban J connectivity index is 1.24. The summed E-state index contributed by atoms with van der Waals surface area (Å²) in [6.07, 6.45) is 2.19. The molecule has 3 aliphatic rings. The molecule has 0 unspecified atom stereocenters. The number of ether oxygens (including phenoxy) is 3. The van der Waals surface area contributed by atoms with Crippen molar-refractivity contribution in [1.29, 1.82) is 0 Å². The second-order valence-corrected chi connectivity index (χ2v) is 8.81. The molecule has 0 N–H and O–H groups in total. The zero-order valence-corrected chi connectivity index (χ0v) is 18.1. The average Bonchev–Trinajstić information content (AvgIpc) is 3.46. The summed E-state index contributed by atoms with van der Waals surface area (Å²) in [4.78, 5) is 22.1. The van der Waals surface area contributed by atoms with Crippen LogP contribution in [0, 0.1) is 24.4 Å². The zero-order valence-electron chi connectivity index (χ0n) is 18.1. The van der Waals surface area contributed by atoms with Gasteiger partial charge in [0.25, 0.3) is 5.88 Å². The highest BCUT2D eigenvalue weighted by Crippen LogP contribution is 2.47. The highest BCUT2D eigenvalue weighted by molar-refractivity contribution is 5.54. The standard InChI is InChI=1S/C23H19F3N4O4/c1-12-4-14(2-3-27-12)34-19-16(24)5-13(6-17(19)25)9-32-20-18(26)21-29(22(31)28-20)10-23-7-15(33-11-23)8-30(21)23/h2-6,15H,7-11H2,1H3/t15-,23+/m0/s1. The number of aryl methyl sites for hydroxylation is 1. The fourth-order valence-corrected chi connectivity index (χ4v) is 4.97. The van der Waals surface area contributed by atoms with Gasteiger partial charge in [-0.25, -0.2) is 13.6 Å². The number of morpholine rings is 1. The number of pyridine rings is 1. The molecule has 6 rings (SSSR count). The molecule has 2 atom stereocenters. The lowest BCUT2D eigenvalue weighted by atomic mass is 10.0. The van der Waals surface area contributed by atoms with Crippen molar-refractivity contribution in [2.75, 3.05) is 18.1 Å². The summed E-state index contributed by atoms with van der Waals surface area (Å²) < 4.78 is 62.2. The largest absolute Gasteiger partial charge is 0.471 e. The number of rotatable bonds is 5. The van der Waals surface area contributed by atoms with Gasteiger partial charge in [0.2, 0.25) is 5.82 Å². The van der Waals surface area contributed by atoms with Crippen molar-refractivity contribution in [2.45, 2.75) is 38.1 Å². The third-order valence-corrected chi connectivity index (χ3v) is 6.45. The maximum atomic E-state index is 15.3. The van der Waals surface area contributed by atoms with Gasteiger partial charge in [-0.3, -0.25) is 9.55 Å². The zero-order chi connectivity index (χ0) is 23.6. The first kappa shape index (κ1) is 21.0. The summed E-state index contributed by atoms with van der Waals surface area (Å²) in [5, 5.41) is 0. The van der Waals surface area contributed by atoms with Crippen LogP contribution in [0.3, 0.4) is 0 Å².